The molecule has 1 heterocycles. The van der Waals surface area contributed by atoms with Gasteiger partial charge in [-0.25, -0.2) is 4.98 Å². The van der Waals surface area contributed by atoms with Crippen molar-refractivity contribution in [3.05, 3.63) is 77.9 Å². The zero-order valence-corrected chi connectivity index (χ0v) is 17.1. The van der Waals surface area contributed by atoms with Crippen LogP contribution in [0.4, 0.5) is 11.4 Å². The van der Waals surface area contributed by atoms with Crippen molar-refractivity contribution in [1.82, 2.24) is 9.55 Å². The Morgan fingerprint density at radius 3 is 2.26 bits per heavy atom. The van der Waals surface area contributed by atoms with Crippen LogP contribution in [0, 0.1) is 0 Å². The number of nitrogens with zero attached hydrogens (tertiary/aromatic N) is 4. The maximum absolute atomic E-state index is 4.24. The van der Waals surface area contributed by atoms with Crippen molar-refractivity contribution in [2.75, 3.05) is 19.0 Å². The minimum absolute atomic E-state index is 0.0750. The van der Waals surface area contributed by atoms with E-state index in [1.807, 2.05) is 52.7 Å². The van der Waals surface area contributed by atoms with Gasteiger partial charge in [0.1, 0.15) is 0 Å². The molecule has 1 atom stereocenters. The molecule has 3 aromatic rings. The van der Waals surface area contributed by atoms with Gasteiger partial charge in [0, 0.05) is 26.5 Å². The minimum Gasteiger partial charge on any atom is -0.376 e. The molecule has 0 amide bonds. The maximum atomic E-state index is 4.24. The van der Waals surface area contributed by atoms with Gasteiger partial charge in [-0.05, 0) is 42.0 Å². The molecule has 2 aromatic carbocycles. The second kappa shape index (κ2) is 9.72. The van der Waals surface area contributed by atoms with E-state index in [1.165, 1.54) is 16.7 Å². The standard InChI is InChI=1S/C21H24N4.C2H6/c1-5-16-6-8-17(9-7-16)21(25-13-12-23-15-25)18-10-11-19(22-2)20(14-18)24(3)4;1-2/h6-15,21H,2,5H2,1,3-4H3;1-2H3. The molecular formula is C23H30N4. The lowest BCUT2D eigenvalue weighted by atomic mass is 9.96. The Balaban J connectivity index is 0.00000126. The van der Waals surface area contributed by atoms with E-state index in [0.29, 0.717) is 0 Å². The summed E-state index contributed by atoms with van der Waals surface area (Å²) in [5, 5.41) is 0. The minimum atomic E-state index is 0.0750. The number of benzene rings is 2. The summed E-state index contributed by atoms with van der Waals surface area (Å²) in [6.45, 7) is 9.86. The van der Waals surface area contributed by atoms with Gasteiger partial charge in [0.05, 0.1) is 23.7 Å². The monoisotopic (exact) mass is 362 g/mol. The van der Waals surface area contributed by atoms with E-state index in [-0.39, 0.29) is 6.04 Å². The molecule has 4 nitrogen and oxygen atoms in total. The van der Waals surface area contributed by atoms with Gasteiger partial charge >= 0.3 is 0 Å². The molecule has 1 aromatic heterocycles. The van der Waals surface area contributed by atoms with Crippen LogP contribution < -0.4 is 4.90 Å². The Bertz CT molecular complexity index is 833. The normalized spacial score (nSPS) is 11.3. The predicted molar refractivity (Wildman–Crippen MR) is 117 cm³/mol. The van der Waals surface area contributed by atoms with E-state index in [4.69, 9.17) is 0 Å². The predicted octanol–water partition coefficient (Wildman–Crippen LogP) is 5.51. The van der Waals surface area contributed by atoms with Gasteiger partial charge in [0.2, 0.25) is 0 Å². The number of rotatable bonds is 6. The third-order valence-electron chi connectivity index (χ3n) is 4.49. The van der Waals surface area contributed by atoms with Gasteiger partial charge in [0.15, 0.2) is 0 Å². The van der Waals surface area contributed by atoms with Crippen LogP contribution in [-0.4, -0.2) is 30.4 Å². The molecule has 0 spiro atoms. The molecule has 4 heteroatoms. The first-order chi connectivity index (χ1) is 13.1. The lowest BCUT2D eigenvalue weighted by Gasteiger charge is -2.23. The molecule has 0 saturated heterocycles. The highest BCUT2D eigenvalue weighted by molar-refractivity contribution is 5.70. The highest BCUT2D eigenvalue weighted by atomic mass is 15.1. The molecule has 0 aliphatic heterocycles. The average molecular weight is 363 g/mol. The highest BCUT2D eigenvalue weighted by Crippen LogP contribution is 2.34. The fourth-order valence-electron chi connectivity index (χ4n) is 3.10. The van der Waals surface area contributed by atoms with E-state index in [1.54, 1.807) is 0 Å². The van der Waals surface area contributed by atoms with Crippen LogP contribution in [0.3, 0.4) is 0 Å². The molecule has 3 rings (SSSR count). The molecular weight excluding hydrogens is 332 g/mol. The zero-order valence-electron chi connectivity index (χ0n) is 17.1. The van der Waals surface area contributed by atoms with Crippen LogP contribution >= 0.6 is 0 Å². The van der Waals surface area contributed by atoms with Gasteiger partial charge in [-0.1, -0.05) is 51.1 Å². The lowest BCUT2D eigenvalue weighted by molar-refractivity contribution is 0.676. The van der Waals surface area contributed by atoms with Crippen LogP contribution in [0.25, 0.3) is 0 Å². The quantitative estimate of drug-likeness (QED) is 0.542. The van der Waals surface area contributed by atoms with E-state index in [2.05, 4.69) is 69.5 Å². The second-order valence-corrected chi connectivity index (χ2v) is 6.31. The summed E-state index contributed by atoms with van der Waals surface area (Å²) in [5.74, 6) is 0. The fraction of sp³-hybridized carbons (Fsp3) is 0.304. The Hall–Kier alpha value is -2.88. The van der Waals surface area contributed by atoms with Crippen molar-refractivity contribution < 1.29 is 0 Å². The van der Waals surface area contributed by atoms with Crippen molar-refractivity contribution in [3.8, 4) is 0 Å². The van der Waals surface area contributed by atoms with Crippen molar-refractivity contribution in [2.24, 2.45) is 4.99 Å². The topological polar surface area (TPSA) is 33.4 Å². The first kappa shape index (κ1) is 20.4. The molecule has 27 heavy (non-hydrogen) atoms. The molecule has 0 aliphatic carbocycles. The molecule has 0 N–H and O–H groups in total. The van der Waals surface area contributed by atoms with Crippen molar-refractivity contribution in [2.45, 2.75) is 33.2 Å². The van der Waals surface area contributed by atoms with Crippen LogP contribution in [0.5, 0.6) is 0 Å². The maximum Gasteiger partial charge on any atom is 0.0954 e. The van der Waals surface area contributed by atoms with E-state index >= 15 is 0 Å². The van der Waals surface area contributed by atoms with E-state index < -0.39 is 0 Å². The van der Waals surface area contributed by atoms with Gasteiger partial charge < -0.3 is 9.47 Å². The summed E-state index contributed by atoms with van der Waals surface area (Å²) in [7, 11) is 4.05. The summed E-state index contributed by atoms with van der Waals surface area (Å²) in [6, 6.07) is 15.2. The third kappa shape index (κ3) is 4.64. The summed E-state index contributed by atoms with van der Waals surface area (Å²) >= 11 is 0. The SMILES string of the molecule is C=Nc1ccc(C(c2ccc(CC)cc2)n2ccnc2)cc1N(C)C.CC. The second-order valence-electron chi connectivity index (χ2n) is 6.31. The number of aromatic nitrogens is 2. The molecule has 0 radical (unpaired) electrons. The first-order valence-corrected chi connectivity index (χ1v) is 9.48. The Kier molecular flexibility index (Phi) is 7.35. The third-order valence-corrected chi connectivity index (χ3v) is 4.49. The van der Waals surface area contributed by atoms with Crippen molar-refractivity contribution >= 4 is 18.1 Å². The first-order valence-electron chi connectivity index (χ1n) is 9.48. The van der Waals surface area contributed by atoms with Crippen LogP contribution in [0.1, 0.15) is 43.5 Å². The Labute approximate surface area is 163 Å². The molecule has 0 aliphatic rings. The smallest absolute Gasteiger partial charge is 0.0954 e. The van der Waals surface area contributed by atoms with Gasteiger partial charge in [-0.2, -0.15) is 0 Å². The molecule has 0 saturated carbocycles. The number of anilines is 1. The molecule has 1 unspecified atom stereocenters. The number of hydrogen-bond acceptors (Lipinski definition) is 3. The van der Waals surface area contributed by atoms with Gasteiger partial charge in [-0.15, -0.1) is 0 Å². The van der Waals surface area contributed by atoms with Crippen LogP contribution in [0.2, 0.25) is 0 Å². The summed E-state index contributed by atoms with van der Waals surface area (Å²) < 4.78 is 2.14. The lowest BCUT2D eigenvalue weighted by Crippen LogP contribution is -2.13. The van der Waals surface area contributed by atoms with Crippen molar-refractivity contribution in [1.29, 1.82) is 0 Å². The fourth-order valence-corrected chi connectivity index (χ4v) is 3.10. The van der Waals surface area contributed by atoms with Crippen LogP contribution in [0.15, 0.2) is 66.2 Å². The molecule has 142 valence electrons. The van der Waals surface area contributed by atoms with Gasteiger partial charge in [-0.3, -0.25) is 4.99 Å². The number of aliphatic imine (C=N–C) groups is 1. The van der Waals surface area contributed by atoms with E-state index in [0.717, 1.165) is 17.8 Å². The Morgan fingerprint density at radius 1 is 1.07 bits per heavy atom. The number of imidazole rings is 1. The summed E-state index contributed by atoms with van der Waals surface area (Å²) in [4.78, 5) is 10.5. The zero-order chi connectivity index (χ0) is 19.8. The van der Waals surface area contributed by atoms with E-state index in [9.17, 15) is 0 Å². The molecule has 0 bridgehead atoms. The number of aryl methyl sites for hydroxylation is 1. The van der Waals surface area contributed by atoms with Crippen LogP contribution in [-0.2, 0) is 6.42 Å². The Morgan fingerprint density at radius 2 is 1.74 bits per heavy atom. The molecule has 0 fully saturated rings. The van der Waals surface area contributed by atoms with Gasteiger partial charge in [0.25, 0.3) is 0 Å². The summed E-state index contributed by atoms with van der Waals surface area (Å²) in [5.41, 5.74) is 5.72. The highest BCUT2D eigenvalue weighted by Gasteiger charge is 2.18. The average Bonchev–Trinajstić information content (AvgIpc) is 3.24. The largest absolute Gasteiger partial charge is 0.376 e. The number of hydrogen-bond donors (Lipinski definition) is 0. The summed E-state index contributed by atoms with van der Waals surface area (Å²) in [6.07, 6.45) is 6.74. The van der Waals surface area contributed by atoms with Crippen molar-refractivity contribution in [3.63, 3.8) is 0 Å².